The summed E-state index contributed by atoms with van der Waals surface area (Å²) in [4.78, 5) is 33.1. The molecule has 1 aromatic rings. The van der Waals surface area contributed by atoms with Crippen LogP contribution >= 0.6 is 0 Å². The summed E-state index contributed by atoms with van der Waals surface area (Å²) < 4.78 is 14.4. The zero-order chi connectivity index (χ0) is 16.5. The predicted molar refractivity (Wildman–Crippen MR) is 74.8 cm³/mol. The summed E-state index contributed by atoms with van der Waals surface area (Å²) >= 11 is 0. The van der Waals surface area contributed by atoms with Crippen LogP contribution in [0, 0.1) is 10.1 Å². The van der Waals surface area contributed by atoms with E-state index in [0.29, 0.717) is 13.2 Å². The number of hydrogen-bond donors (Lipinski definition) is 1. The number of nitro groups is 1. The second kappa shape index (κ2) is 8.57. The molecule has 1 aromatic carbocycles. The van der Waals surface area contributed by atoms with Gasteiger partial charge in [0.15, 0.2) is 12.4 Å². The second-order valence-electron chi connectivity index (χ2n) is 4.06. The van der Waals surface area contributed by atoms with Crippen LogP contribution in [-0.4, -0.2) is 50.8 Å². The highest BCUT2D eigenvalue weighted by Crippen LogP contribution is 2.28. The van der Waals surface area contributed by atoms with Crippen molar-refractivity contribution < 1.29 is 28.7 Å². The van der Waals surface area contributed by atoms with E-state index >= 15 is 0 Å². The second-order valence-corrected chi connectivity index (χ2v) is 4.06. The lowest BCUT2D eigenvalue weighted by Gasteiger charge is -2.08. The Balaban J connectivity index is 2.75. The average molecular weight is 312 g/mol. The van der Waals surface area contributed by atoms with Crippen molar-refractivity contribution in [2.45, 2.75) is 0 Å². The first kappa shape index (κ1) is 17.4. The predicted octanol–water partition coefficient (Wildman–Crippen LogP) is 0.523. The summed E-state index contributed by atoms with van der Waals surface area (Å²) in [5.74, 6) is -1.25. The smallest absolute Gasteiger partial charge is 0.338 e. The van der Waals surface area contributed by atoms with Gasteiger partial charge in [0, 0.05) is 19.7 Å². The minimum absolute atomic E-state index is 0.0195. The number of esters is 1. The van der Waals surface area contributed by atoms with E-state index in [1.54, 1.807) is 0 Å². The molecule has 0 fully saturated rings. The van der Waals surface area contributed by atoms with Gasteiger partial charge in [-0.2, -0.15) is 0 Å². The fourth-order valence-electron chi connectivity index (χ4n) is 1.51. The van der Waals surface area contributed by atoms with Crippen LogP contribution in [0.5, 0.6) is 5.75 Å². The van der Waals surface area contributed by atoms with Crippen LogP contribution < -0.4 is 10.1 Å². The highest BCUT2D eigenvalue weighted by molar-refractivity contribution is 5.90. The number of hydrogen-bond acceptors (Lipinski definition) is 7. The van der Waals surface area contributed by atoms with Crippen LogP contribution in [0.3, 0.4) is 0 Å². The maximum atomic E-state index is 11.5. The maximum Gasteiger partial charge on any atom is 0.338 e. The van der Waals surface area contributed by atoms with E-state index in [-0.39, 0.29) is 17.9 Å². The van der Waals surface area contributed by atoms with Crippen molar-refractivity contribution in [2.75, 3.05) is 34.0 Å². The first-order valence-electron chi connectivity index (χ1n) is 6.24. The molecular weight excluding hydrogens is 296 g/mol. The van der Waals surface area contributed by atoms with Crippen LogP contribution in [0.1, 0.15) is 10.4 Å². The molecule has 0 unspecified atom stereocenters. The van der Waals surface area contributed by atoms with E-state index in [1.807, 2.05) is 0 Å². The number of rotatable bonds is 8. The van der Waals surface area contributed by atoms with Gasteiger partial charge >= 0.3 is 11.7 Å². The number of nitrogens with one attached hydrogen (secondary N) is 1. The Morgan fingerprint density at radius 1 is 1.32 bits per heavy atom. The third kappa shape index (κ3) is 5.02. The Labute approximate surface area is 126 Å². The lowest BCUT2D eigenvalue weighted by Crippen LogP contribution is -2.31. The fourth-order valence-corrected chi connectivity index (χ4v) is 1.51. The summed E-state index contributed by atoms with van der Waals surface area (Å²) in [5.41, 5.74) is -0.404. The molecule has 1 N–H and O–H groups in total. The summed E-state index contributed by atoms with van der Waals surface area (Å²) in [6.07, 6.45) is 0. The molecule has 0 aliphatic heterocycles. The van der Waals surface area contributed by atoms with Gasteiger partial charge in [-0.15, -0.1) is 0 Å². The molecule has 0 heterocycles. The molecule has 0 aliphatic rings. The molecule has 0 bridgehead atoms. The van der Waals surface area contributed by atoms with Crippen molar-refractivity contribution in [3.63, 3.8) is 0 Å². The zero-order valence-corrected chi connectivity index (χ0v) is 12.2. The number of amides is 1. The molecule has 1 rings (SSSR count). The minimum atomic E-state index is -0.704. The van der Waals surface area contributed by atoms with E-state index in [4.69, 9.17) is 9.47 Å². The summed E-state index contributed by atoms with van der Waals surface area (Å²) in [6, 6.07) is 3.59. The number of ether oxygens (including phenoxy) is 3. The Morgan fingerprint density at radius 2 is 2.05 bits per heavy atom. The molecule has 9 nitrogen and oxygen atoms in total. The molecule has 0 aliphatic carbocycles. The SMILES string of the molecule is COCCNC(=O)COc1ccc(C(=O)OC)cc1[N+](=O)[O-]. The van der Waals surface area contributed by atoms with E-state index in [9.17, 15) is 19.7 Å². The van der Waals surface area contributed by atoms with Gasteiger partial charge in [0.05, 0.1) is 24.2 Å². The largest absolute Gasteiger partial charge is 0.477 e. The first-order valence-corrected chi connectivity index (χ1v) is 6.24. The van der Waals surface area contributed by atoms with Crippen molar-refractivity contribution in [2.24, 2.45) is 0 Å². The first-order chi connectivity index (χ1) is 10.5. The third-order valence-electron chi connectivity index (χ3n) is 2.56. The highest BCUT2D eigenvalue weighted by Gasteiger charge is 2.19. The van der Waals surface area contributed by atoms with Crippen molar-refractivity contribution in [1.82, 2.24) is 5.32 Å². The van der Waals surface area contributed by atoms with Crippen LogP contribution in [0.25, 0.3) is 0 Å². The van der Waals surface area contributed by atoms with E-state index < -0.39 is 22.5 Å². The molecule has 120 valence electrons. The van der Waals surface area contributed by atoms with Crippen LogP contribution in [0.15, 0.2) is 18.2 Å². The molecule has 0 radical (unpaired) electrons. The van der Waals surface area contributed by atoms with Gasteiger partial charge in [-0.1, -0.05) is 0 Å². The Kier molecular flexibility index (Phi) is 6.77. The monoisotopic (exact) mass is 312 g/mol. The molecule has 0 atom stereocenters. The van der Waals surface area contributed by atoms with Crippen molar-refractivity contribution in [3.05, 3.63) is 33.9 Å². The third-order valence-corrected chi connectivity index (χ3v) is 2.56. The number of methoxy groups -OCH3 is 2. The fraction of sp³-hybridized carbons (Fsp3) is 0.385. The summed E-state index contributed by atoms with van der Waals surface area (Å²) in [7, 11) is 2.66. The number of benzene rings is 1. The van der Waals surface area contributed by atoms with Crippen molar-refractivity contribution in [1.29, 1.82) is 0 Å². The van der Waals surface area contributed by atoms with Crippen LogP contribution in [-0.2, 0) is 14.3 Å². The lowest BCUT2D eigenvalue weighted by molar-refractivity contribution is -0.385. The molecule has 22 heavy (non-hydrogen) atoms. The Bertz CT molecular complexity index is 559. The van der Waals surface area contributed by atoms with Crippen molar-refractivity contribution in [3.8, 4) is 5.75 Å². The average Bonchev–Trinajstić information content (AvgIpc) is 2.52. The zero-order valence-electron chi connectivity index (χ0n) is 12.2. The maximum absolute atomic E-state index is 11.5. The molecule has 1 amide bonds. The van der Waals surface area contributed by atoms with Gasteiger partial charge in [-0.3, -0.25) is 14.9 Å². The van der Waals surface area contributed by atoms with Crippen LogP contribution in [0.2, 0.25) is 0 Å². The normalized spacial score (nSPS) is 9.91. The molecule has 0 spiro atoms. The molecular formula is C13H16N2O7. The number of nitrogens with zero attached hydrogens (tertiary/aromatic N) is 1. The van der Waals surface area contributed by atoms with Gasteiger partial charge < -0.3 is 19.5 Å². The minimum Gasteiger partial charge on any atom is -0.477 e. The highest BCUT2D eigenvalue weighted by atomic mass is 16.6. The Hall–Kier alpha value is -2.68. The quantitative estimate of drug-likeness (QED) is 0.322. The number of carbonyl (C=O) groups excluding carboxylic acids is 2. The molecule has 0 saturated heterocycles. The summed E-state index contributed by atoms with van der Waals surface area (Å²) in [5, 5.41) is 13.5. The van der Waals surface area contributed by atoms with Crippen molar-refractivity contribution >= 4 is 17.6 Å². The van der Waals surface area contributed by atoms with E-state index in [1.165, 1.54) is 26.4 Å². The van der Waals surface area contributed by atoms with E-state index in [2.05, 4.69) is 10.1 Å². The molecule has 0 aromatic heterocycles. The number of nitro benzene ring substituents is 1. The van der Waals surface area contributed by atoms with Gasteiger partial charge in [0.1, 0.15) is 0 Å². The van der Waals surface area contributed by atoms with Gasteiger partial charge in [0.25, 0.3) is 5.91 Å². The summed E-state index contributed by atoms with van der Waals surface area (Å²) in [6.45, 7) is 0.268. The standard InChI is InChI=1S/C13H16N2O7/c1-20-6-5-14-12(16)8-22-11-4-3-9(13(17)21-2)7-10(11)15(18)19/h3-4,7H,5-6,8H2,1-2H3,(H,14,16). The van der Waals surface area contributed by atoms with Gasteiger partial charge in [0.2, 0.25) is 0 Å². The topological polar surface area (TPSA) is 117 Å². The van der Waals surface area contributed by atoms with Crippen LogP contribution in [0.4, 0.5) is 5.69 Å². The van der Waals surface area contributed by atoms with E-state index in [0.717, 1.165) is 6.07 Å². The molecule has 9 heteroatoms. The van der Waals surface area contributed by atoms with Gasteiger partial charge in [-0.05, 0) is 12.1 Å². The lowest BCUT2D eigenvalue weighted by atomic mass is 10.2. The number of carbonyl (C=O) groups is 2. The van der Waals surface area contributed by atoms with Gasteiger partial charge in [-0.25, -0.2) is 4.79 Å². The molecule has 0 saturated carbocycles. The Morgan fingerprint density at radius 3 is 2.64 bits per heavy atom.